The SMILES string of the molecule is Cc1cc(-c2cccc3c(C)c[nH]c23)c(C#Cc2cccc(O)c2)c2c1NC(C)(C)[C@H](O)[C@H]2C. The summed E-state index contributed by atoms with van der Waals surface area (Å²) in [6.07, 6.45) is 1.47. The van der Waals surface area contributed by atoms with E-state index in [0.717, 1.165) is 44.6 Å². The van der Waals surface area contributed by atoms with Gasteiger partial charge in [-0.05, 0) is 68.7 Å². The molecular formula is C30H30N2O2. The van der Waals surface area contributed by atoms with Gasteiger partial charge in [-0.15, -0.1) is 0 Å². The Labute approximate surface area is 200 Å². The minimum Gasteiger partial charge on any atom is -0.508 e. The Bertz CT molecular complexity index is 1480. The number of aliphatic hydroxyl groups excluding tert-OH is 1. The van der Waals surface area contributed by atoms with E-state index in [-0.39, 0.29) is 11.7 Å². The lowest BCUT2D eigenvalue weighted by atomic mass is 9.75. The molecule has 1 aliphatic heterocycles. The van der Waals surface area contributed by atoms with Crippen LogP contribution >= 0.6 is 0 Å². The molecule has 4 nitrogen and oxygen atoms in total. The van der Waals surface area contributed by atoms with Crippen molar-refractivity contribution in [2.24, 2.45) is 0 Å². The molecule has 4 N–H and O–H groups in total. The molecule has 1 aromatic heterocycles. The first-order valence-electron chi connectivity index (χ1n) is 11.7. The average molecular weight is 451 g/mol. The molecule has 0 bridgehead atoms. The number of benzene rings is 3. The third-order valence-electron chi connectivity index (χ3n) is 7.07. The van der Waals surface area contributed by atoms with Gasteiger partial charge < -0.3 is 20.5 Å². The van der Waals surface area contributed by atoms with Crippen molar-refractivity contribution in [1.29, 1.82) is 0 Å². The number of anilines is 1. The first-order valence-corrected chi connectivity index (χ1v) is 11.7. The highest BCUT2D eigenvalue weighted by Gasteiger charge is 2.40. The van der Waals surface area contributed by atoms with E-state index in [1.807, 2.05) is 26.1 Å². The van der Waals surface area contributed by atoms with Gasteiger partial charge in [-0.3, -0.25) is 0 Å². The molecular weight excluding hydrogens is 420 g/mol. The highest BCUT2D eigenvalue weighted by molar-refractivity contribution is 5.98. The number of aromatic nitrogens is 1. The van der Waals surface area contributed by atoms with Crippen molar-refractivity contribution in [2.75, 3.05) is 5.32 Å². The molecule has 0 fully saturated rings. The molecule has 0 amide bonds. The van der Waals surface area contributed by atoms with E-state index in [4.69, 9.17) is 0 Å². The summed E-state index contributed by atoms with van der Waals surface area (Å²) in [5.41, 5.74) is 8.80. The van der Waals surface area contributed by atoms with Gasteiger partial charge in [0.05, 0.1) is 17.2 Å². The van der Waals surface area contributed by atoms with Gasteiger partial charge in [-0.2, -0.15) is 0 Å². The van der Waals surface area contributed by atoms with E-state index >= 15 is 0 Å². The Morgan fingerprint density at radius 2 is 1.71 bits per heavy atom. The number of hydrogen-bond acceptors (Lipinski definition) is 3. The number of H-pyrrole nitrogens is 1. The molecule has 3 aromatic carbocycles. The number of nitrogens with one attached hydrogen (secondary N) is 2. The highest BCUT2D eigenvalue weighted by atomic mass is 16.3. The lowest BCUT2D eigenvalue weighted by molar-refractivity contribution is 0.0868. The first kappa shape index (κ1) is 22.1. The molecule has 0 saturated carbocycles. The fourth-order valence-electron chi connectivity index (χ4n) is 5.23. The van der Waals surface area contributed by atoms with Crippen LogP contribution in [0.5, 0.6) is 5.75 Å². The summed E-state index contributed by atoms with van der Waals surface area (Å²) >= 11 is 0. The fourth-order valence-corrected chi connectivity index (χ4v) is 5.23. The topological polar surface area (TPSA) is 68.3 Å². The average Bonchev–Trinajstić information content (AvgIpc) is 3.18. The fraction of sp³-hybridized carbons (Fsp3) is 0.267. The molecule has 0 saturated heterocycles. The van der Waals surface area contributed by atoms with Crippen molar-refractivity contribution >= 4 is 16.6 Å². The molecule has 1 aliphatic rings. The number of para-hydroxylation sites is 1. The van der Waals surface area contributed by atoms with Crippen LogP contribution < -0.4 is 5.32 Å². The molecule has 5 rings (SSSR count). The van der Waals surface area contributed by atoms with Crippen molar-refractivity contribution < 1.29 is 10.2 Å². The molecule has 2 heterocycles. The Hall–Kier alpha value is -3.68. The van der Waals surface area contributed by atoms with Crippen LogP contribution in [0.2, 0.25) is 0 Å². The van der Waals surface area contributed by atoms with Crippen molar-refractivity contribution in [3.05, 3.63) is 82.5 Å². The van der Waals surface area contributed by atoms with Gasteiger partial charge in [0.25, 0.3) is 0 Å². The van der Waals surface area contributed by atoms with E-state index in [1.54, 1.807) is 18.2 Å². The zero-order chi connectivity index (χ0) is 24.2. The standard InChI is InChI=1S/C30H30N2O2/c1-17-14-25(24-11-7-10-22-18(2)16-31-28(22)24)23(13-12-20-8-6-9-21(33)15-20)26-19(3)29(34)30(4,5)32-27(17)26/h6-11,14-16,19,29,31-34H,1-5H3/t19-,29+/m0/s1. The molecule has 0 aliphatic carbocycles. The number of phenolic OH excluding ortho intramolecular Hbond substituents is 1. The Balaban J connectivity index is 1.83. The van der Waals surface area contributed by atoms with Crippen LogP contribution in [0.3, 0.4) is 0 Å². The van der Waals surface area contributed by atoms with Gasteiger partial charge in [0.1, 0.15) is 5.75 Å². The number of hydrogen-bond donors (Lipinski definition) is 4. The number of aliphatic hydroxyl groups is 1. The van der Waals surface area contributed by atoms with Crippen LogP contribution in [-0.4, -0.2) is 26.8 Å². The van der Waals surface area contributed by atoms with Crippen LogP contribution in [-0.2, 0) is 0 Å². The van der Waals surface area contributed by atoms with Crippen LogP contribution in [0.4, 0.5) is 5.69 Å². The van der Waals surface area contributed by atoms with Gasteiger partial charge in [0.2, 0.25) is 0 Å². The number of aromatic amines is 1. The number of aromatic hydroxyl groups is 1. The van der Waals surface area contributed by atoms with Crippen molar-refractivity contribution in [3.63, 3.8) is 0 Å². The molecule has 0 spiro atoms. The smallest absolute Gasteiger partial charge is 0.116 e. The van der Waals surface area contributed by atoms with Gasteiger partial charge in [-0.25, -0.2) is 0 Å². The van der Waals surface area contributed by atoms with Gasteiger partial charge in [0.15, 0.2) is 0 Å². The molecule has 4 heteroatoms. The number of aryl methyl sites for hydroxylation is 2. The van der Waals surface area contributed by atoms with Crippen molar-refractivity contribution in [3.8, 4) is 28.7 Å². The Morgan fingerprint density at radius 3 is 2.47 bits per heavy atom. The van der Waals surface area contributed by atoms with E-state index in [9.17, 15) is 10.2 Å². The maximum absolute atomic E-state index is 11.2. The minimum atomic E-state index is -0.570. The number of rotatable bonds is 1. The monoisotopic (exact) mass is 450 g/mol. The van der Waals surface area contributed by atoms with Crippen LogP contribution in [0.15, 0.2) is 54.7 Å². The maximum atomic E-state index is 11.2. The minimum absolute atomic E-state index is 0.108. The van der Waals surface area contributed by atoms with Crippen LogP contribution in [0.25, 0.3) is 22.0 Å². The van der Waals surface area contributed by atoms with Crippen molar-refractivity contribution in [2.45, 2.75) is 52.2 Å². The molecule has 4 aromatic rings. The van der Waals surface area contributed by atoms with E-state index in [1.165, 1.54) is 10.9 Å². The summed E-state index contributed by atoms with van der Waals surface area (Å²) in [4.78, 5) is 3.45. The van der Waals surface area contributed by atoms with E-state index in [0.29, 0.717) is 0 Å². The highest BCUT2D eigenvalue weighted by Crippen LogP contribution is 2.46. The lowest BCUT2D eigenvalue weighted by Gasteiger charge is -2.43. The summed E-state index contributed by atoms with van der Waals surface area (Å²) in [7, 11) is 0. The summed E-state index contributed by atoms with van der Waals surface area (Å²) in [6.45, 7) is 10.4. The summed E-state index contributed by atoms with van der Waals surface area (Å²) in [5, 5.41) is 25.9. The van der Waals surface area contributed by atoms with Crippen molar-refractivity contribution in [1.82, 2.24) is 4.98 Å². The zero-order valence-electron chi connectivity index (χ0n) is 20.2. The Morgan fingerprint density at radius 1 is 0.941 bits per heavy atom. The second kappa shape index (κ2) is 7.97. The van der Waals surface area contributed by atoms with Gasteiger partial charge in [0, 0.05) is 45.4 Å². The quantitative estimate of drug-likeness (QED) is 0.260. The van der Waals surface area contributed by atoms with E-state index in [2.05, 4.69) is 67.2 Å². The summed E-state index contributed by atoms with van der Waals surface area (Å²) in [5.74, 6) is 6.78. The number of phenols is 1. The molecule has 0 unspecified atom stereocenters. The predicted molar refractivity (Wildman–Crippen MR) is 139 cm³/mol. The second-order valence-corrected chi connectivity index (χ2v) is 9.99. The molecule has 34 heavy (non-hydrogen) atoms. The maximum Gasteiger partial charge on any atom is 0.116 e. The Kier molecular flexibility index (Phi) is 5.19. The summed E-state index contributed by atoms with van der Waals surface area (Å²) < 4.78 is 0. The third kappa shape index (κ3) is 3.54. The third-order valence-corrected chi connectivity index (χ3v) is 7.07. The summed E-state index contributed by atoms with van der Waals surface area (Å²) in [6, 6.07) is 15.5. The zero-order valence-corrected chi connectivity index (χ0v) is 20.2. The van der Waals surface area contributed by atoms with Gasteiger partial charge >= 0.3 is 0 Å². The van der Waals surface area contributed by atoms with Crippen LogP contribution in [0, 0.1) is 25.7 Å². The van der Waals surface area contributed by atoms with E-state index < -0.39 is 11.6 Å². The van der Waals surface area contributed by atoms with Gasteiger partial charge in [-0.1, -0.05) is 43.0 Å². The second-order valence-electron chi connectivity index (χ2n) is 9.99. The number of fused-ring (bicyclic) bond motifs is 2. The molecule has 0 radical (unpaired) electrons. The largest absolute Gasteiger partial charge is 0.508 e. The molecule has 2 atom stereocenters. The molecule has 172 valence electrons. The first-order chi connectivity index (χ1) is 16.2. The van der Waals surface area contributed by atoms with Crippen LogP contribution in [0.1, 0.15) is 54.5 Å². The predicted octanol–water partition coefficient (Wildman–Crippen LogP) is 6.23. The lowest BCUT2D eigenvalue weighted by Crippen LogP contribution is -2.50. The normalized spacial score (nSPS) is 18.6.